The van der Waals surface area contributed by atoms with Crippen molar-refractivity contribution in [1.29, 1.82) is 0 Å². The van der Waals surface area contributed by atoms with Gasteiger partial charge >= 0.3 is 5.97 Å². The number of aldehydes is 1. The van der Waals surface area contributed by atoms with Gasteiger partial charge in [-0.2, -0.15) is 0 Å². The lowest BCUT2D eigenvalue weighted by Gasteiger charge is -2.00. The summed E-state index contributed by atoms with van der Waals surface area (Å²) in [5.41, 5.74) is 0.652. The van der Waals surface area contributed by atoms with Crippen LogP contribution in [0.15, 0.2) is 24.3 Å². The average molecular weight is 254 g/mol. The van der Waals surface area contributed by atoms with Crippen molar-refractivity contribution < 1.29 is 19.1 Å². The van der Waals surface area contributed by atoms with E-state index in [1.807, 2.05) is 34.5 Å². The van der Waals surface area contributed by atoms with E-state index in [1.165, 1.54) is 7.11 Å². The Morgan fingerprint density at radius 2 is 1.56 bits per heavy atom. The molecular weight excluding hydrogens is 232 g/mol. The lowest BCUT2D eigenvalue weighted by Crippen LogP contribution is -2.04. The molecule has 0 bridgehead atoms. The highest BCUT2D eigenvalue weighted by molar-refractivity contribution is 5.98. The maximum absolute atomic E-state index is 11.0. The Labute approximate surface area is 109 Å². The van der Waals surface area contributed by atoms with Gasteiger partial charge in [-0.05, 0) is 6.07 Å². The standard InChI is InChI=1S/C9H8O3.2C2H6.CH2O/c1-12-9(11)8-5-3-2-4-7(8)6-10;3*1-2/h2-6H,1H3;2*1-2H3;1H2. The van der Waals surface area contributed by atoms with E-state index in [4.69, 9.17) is 4.79 Å². The van der Waals surface area contributed by atoms with Crippen LogP contribution >= 0.6 is 0 Å². The summed E-state index contributed by atoms with van der Waals surface area (Å²) in [6, 6.07) is 6.49. The number of esters is 1. The van der Waals surface area contributed by atoms with E-state index in [0.717, 1.165) is 0 Å². The molecular formula is C14H22O4. The maximum atomic E-state index is 11.0. The molecule has 0 fully saturated rings. The second-order valence-corrected chi connectivity index (χ2v) is 2.20. The normalized spacial score (nSPS) is 6.94. The molecule has 0 aromatic heterocycles. The number of rotatable bonds is 2. The molecule has 1 aromatic carbocycles. The molecule has 0 saturated heterocycles. The summed E-state index contributed by atoms with van der Waals surface area (Å²) >= 11 is 0. The number of hydrogen-bond acceptors (Lipinski definition) is 4. The van der Waals surface area contributed by atoms with Crippen LogP contribution in [0.25, 0.3) is 0 Å². The van der Waals surface area contributed by atoms with E-state index in [9.17, 15) is 9.59 Å². The lowest BCUT2D eigenvalue weighted by atomic mass is 10.1. The van der Waals surface area contributed by atoms with Crippen LogP contribution in [0.3, 0.4) is 0 Å². The summed E-state index contributed by atoms with van der Waals surface area (Å²) in [7, 11) is 1.28. The van der Waals surface area contributed by atoms with Gasteiger partial charge in [0.1, 0.15) is 6.79 Å². The molecule has 4 nitrogen and oxygen atoms in total. The molecule has 0 aliphatic carbocycles. The fourth-order valence-corrected chi connectivity index (χ4v) is 0.896. The van der Waals surface area contributed by atoms with E-state index in [-0.39, 0.29) is 0 Å². The van der Waals surface area contributed by atoms with E-state index in [0.29, 0.717) is 17.4 Å². The van der Waals surface area contributed by atoms with E-state index in [1.54, 1.807) is 24.3 Å². The SMILES string of the molecule is C=O.CC.CC.COC(=O)c1ccccc1C=O. The highest BCUT2D eigenvalue weighted by Crippen LogP contribution is 2.06. The molecule has 0 aliphatic rings. The number of methoxy groups -OCH3 is 1. The quantitative estimate of drug-likeness (QED) is 0.601. The first kappa shape index (κ1) is 21.3. The van der Waals surface area contributed by atoms with Crippen molar-refractivity contribution in [1.82, 2.24) is 0 Å². The molecule has 0 saturated carbocycles. The molecule has 0 aliphatic heterocycles. The topological polar surface area (TPSA) is 60.4 Å². The zero-order valence-corrected chi connectivity index (χ0v) is 11.7. The third-order valence-electron chi connectivity index (χ3n) is 1.49. The second-order valence-electron chi connectivity index (χ2n) is 2.20. The van der Waals surface area contributed by atoms with Crippen LogP contribution in [0, 0.1) is 0 Å². The minimum Gasteiger partial charge on any atom is -0.465 e. The Morgan fingerprint density at radius 1 is 1.11 bits per heavy atom. The van der Waals surface area contributed by atoms with Crippen molar-refractivity contribution in [3.8, 4) is 0 Å². The summed E-state index contributed by atoms with van der Waals surface area (Å²) in [4.78, 5) is 29.5. The van der Waals surface area contributed by atoms with Gasteiger partial charge in [0.05, 0.1) is 12.7 Å². The van der Waals surface area contributed by atoms with Crippen molar-refractivity contribution in [2.45, 2.75) is 27.7 Å². The molecule has 0 amide bonds. The number of carbonyl (C=O) groups is 3. The largest absolute Gasteiger partial charge is 0.465 e. The van der Waals surface area contributed by atoms with E-state index < -0.39 is 5.97 Å². The van der Waals surface area contributed by atoms with Crippen LogP contribution in [-0.4, -0.2) is 26.2 Å². The minimum atomic E-state index is -0.488. The monoisotopic (exact) mass is 254 g/mol. The Hall–Kier alpha value is -1.97. The van der Waals surface area contributed by atoms with Gasteiger partial charge in [-0.1, -0.05) is 45.9 Å². The van der Waals surface area contributed by atoms with Gasteiger partial charge in [-0.15, -0.1) is 0 Å². The van der Waals surface area contributed by atoms with Gasteiger partial charge in [-0.3, -0.25) is 4.79 Å². The van der Waals surface area contributed by atoms with Crippen LogP contribution in [0.1, 0.15) is 48.4 Å². The number of benzene rings is 1. The first-order valence-electron chi connectivity index (χ1n) is 5.71. The maximum Gasteiger partial charge on any atom is 0.338 e. The average Bonchev–Trinajstić information content (AvgIpc) is 2.52. The van der Waals surface area contributed by atoms with Gasteiger partial charge in [-0.25, -0.2) is 4.79 Å². The first-order valence-corrected chi connectivity index (χ1v) is 5.71. The van der Waals surface area contributed by atoms with Gasteiger partial charge in [0, 0.05) is 5.56 Å². The number of carbonyl (C=O) groups excluding carboxylic acids is 3. The molecule has 4 heteroatoms. The Morgan fingerprint density at radius 3 is 1.94 bits per heavy atom. The molecule has 0 radical (unpaired) electrons. The van der Waals surface area contributed by atoms with Crippen LogP contribution < -0.4 is 0 Å². The third-order valence-corrected chi connectivity index (χ3v) is 1.49. The van der Waals surface area contributed by atoms with Crippen LogP contribution in [-0.2, 0) is 9.53 Å². The van der Waals surface area contributed by atoms with Crippen molar-refractivity contribution in [2.24, 2.45) is 0 Å². The highest BCUT2D eigenvalue weighted by atomic mass is 16.5. The fraction of sp³-hybridized carbons (Fsp3) is 0.357. The molecule has 0 heterocycles. The smallest absolute Gasteiger partial charge is 0.338 e. The molecule has 0 spiro atoms. The Bertz CT molecular complexity index is 321. The van der Waals surface area contributed by atoms with Crippen molar-refractivity contribution in [2.75, 3.05) is 7.11 Å². The molecule has 0 atom stereocenters. The van der Waals surface area contributed by atoms with Crippen LogP contribution in [0.5, 0.6) is 0 Å². The summed E-state index contributed by atoms with van der Waals surface area (Å²) in [6.45, 7) is 10.0. The predicted octanol–water partition coefficient (Wildman–Crippen LogP) is 3.15. The van der Waals surface area contributed by atoms with Crippen molar-refractivity contribution in [3.63, 3.8) is 0 Å². The summed E-state index contributed by atoms with van der Waals surface area (Å²) < 4.78 is 4.48. The van der Waals surface area contributed by atoms with E-state index >= 15 is 0 Å². The Kier molecular flexibility index (Phi) is 20.6. The molecule has 1 aromatic rings. The first-order chi connectivity index (χ1) is 8.79. The second kappa shape index (κ2) is 17.4. The molecule has 0 unspecified atom stereocenters. The van der Waals surface area contributed by atoms with Crippen molar-refractivity contribution in [3.05, 3.63) is 35.4 Å². The predicted molar refractivity (Wildman–Crippen MR) is 73.0 cm³/mol. The van der Waals surface area contributed by atoms with Gasteiger partial charge in [0.2, 0.25) is 0 Å². The van der Waals surface area contributed by atoms with E-state index in [2.05, 4.69) is 4.74 Å². The lowest BCUT2D eigenvalue weighted by molar-refractivity contribution is -0.0980. The van der Waals surface area contributed by atoms with Gasteiger partial charge in [0.25, 0.3) is 0 Å². The van der Waals surface area contributed by atoms with Crippen LogP contribution in [0.4, 0.5) is 0 Å². The molecule has 102 valence electrons. The molecule has 18 heavy (non-hydrogen) atoms. The number of ether oxygens (including phenoxy) is 1. The minimum absolute atomic E-state index is 0.301. The van der Waals surface area contributed by atoms with Gasteiger partial charge in [0.15, 0.2) is 6.29 Å². The van der Waals surface area contributed by atoms with Crippen LogP contribution in [0.2, 0.25) is 0 Å². The molecule has 1 rings (SSSR count). The summed E-state index contributed by atoms with van der Waals surface area (Å²) in [5.74, 6) is -0.488. The third kappa shape index (κ3) is 8.21. The summed E-state index contributed by atoms with van der Waals surface area (Å²) in [5, 5.41) is 0. The Balaban J connectivity index is -0.000000328. The fourth-order valence-electron chi connectivity index (χ4n) is 0.896. The highest BCUT2D eigenvalue weighted by Gasteiger charge is 2.08. The zero-order chi connectivity index (χ0) is 15.0. The molecule has 0 N–H and O–H groups in total. The zero-order valence-electron chi connectivity index (χ0n) is 11.7. The van der Waals surface area contributed by atoms with Gasteiger partial charge < -0.3 is 9.53 Å². The van der Waals surface area contributed by atoms with Crippen molar-refractivity contribution >= 4 is 19.0 Å². The number of hydrogen-bond donors (Lipinski definition) is 0. The summed E-state index contributed by atoms with van der Waals surface area (Å²) in [6.07, 6.45) is 0.631.